The number of hydrogen-bond acceptors (Lipinski definition) is 8. The highest BCUT2D eigenvalue weighted by Gasteiger charge is 2.37. The third-order valence-electron chi connectivity index (χ3n) is 8.18. The summed E-state index contributed by atoms with van der Waals surface area (Å²) in [5, 5.41) is 20.9. The van der Waals surface area contributed by atoms with Crippen molar-refractivity contribution >= 4 is 29.6 Å². The van der Waals surface area contributed by atoms with Crippen molar-refractivity contribution < 1.29 is 33.8 Å². The van der Waals surface area contributed by atoms with Crippen molar-refractivity contribution in [3.8, 4) is 28.1 Å². The van der Waals surface area contributed by atoms with Crippen molar-refractivity contribution in [3.05, 3.63) is 90.1 Å². The van der Waals surface area contributed by atoms with Crippen LogP contribution in [0.3, 0.4) is 0 Å². The lowest BCUT2D eigenvalue weighted by molar-refractivity contribution is -0.142. The molecule has 0 radical (unpaired) electrons. The second-order valence-electron chi connectivity index (χ2n) is 13.1. The predicted octanol–water partition coefficient (Wildman–Crippen LogP) is 6.22. The molecule has 2 atom stereocenters. The molecule has 5 rings (SSSR count). The second kappa shape index (κ2) is 15.3. The Morgan fingerprint density at radius 3 is 2.38 bits per heavy atom. The number of ether oxygens (including phenoxy) is 2. The number of benzene rings is 3. The fraction of sp³-hybridized carbons (Fsp3) is 0.342. The van der Waals surface area contributed by atoms with Crippen LogP contribution in [0.5, 0.6) is 5.75 Å². The lowest BCUT2D eigenvalue weighted by Gasteiger charge is -2.37. The minimum absolute atomic E-state index is 0.0377. The van der Waals surface area contributed by atoms with Gasteiger partial charge in [0.2, 0.25) is 5.91 Å². The van der Waals surface area contributed by atoms with E-state index in [4.69, 9.17) is 9.47 Å². The van der Waals surface area contributed by atoms with Crippen LogP contribution < -0.4 is 10.6 Å². The number of aryl methyl sites for hydroxylation is 1. The Kier molecular flexibility index (Phi) is 10.9. The van der Waals surface area contributed by atoms with Crippen LogP contribution in [-0.2, 0) is 26.1 Å². The number of phenolic OH excluding ortho intramolecular Hbond substituents is 1. The Hall–Kier alpha value is -5.65. The van der Waals surface area contributed by atoms with Crippen molar-refractivity contribution in [2.75, 3.05) is 18.5 Å². The van der Waals surface area contributed by atoms with Crippen LogP contribution in [0, 0.1) is 0 Å². The number of carbonyl (C=O) groups is 4. The Labute approximate surface area is 291 Å². The molecule has 3 amide bonds. The standard InChI is InChI=1S/C38H43N5O7/c1-6-49-36(47)26-17-20-31(44)28(22-26)33-29(23-42(5)41-33)24-15-18-27(19-16-24)39-34(45)30-14-10-11-21-43(30)35(46)32(25-12-8-7-9-13-25)40-37(48)50-38(2,3)4/h7-9,12-13,15-20,22-23,30,32,44H,6,10-11,14,21H2,1-5H3,(H,39,45)(H,40,48)/t30-,32+/m0/s1. The zero-order valence-electron chi connectivity index (χ0n) is 28.9. The topological polar surface area (TPSA) is 152 Å². The smallest absolute Gasteiger partial charge is 0.408 e. The molecule has 2 heterocycles. The first-order valence-corrected chi connectivity index (χ1v) is 16.6. The molecule has 1 fully saturated rings. The first-order valence-electron chi connectivity index (χ1n) is 16.6. The minimum atomic E-state index is -1.04. The van der Waals surface area contributed by atoms with Crippen molar-refractivity contribution in [1.29, 1.82) is 0 Å². The highest BCUT2D eigenvalue weighted by Crippen LogP contribution is 2.37. The van der Waals surface area contributed by atoms with E-state index in [2.05, 4.69) is 15.7 Å². The SMILES string of the molecule is CCOC(=O)c1ccc(O)c(-c2nn(C)cc2-c2ccc(NC(=O)[C@@H]3CCCCN3C(=O)[C@H](NC(=O)OC(C)(C)C)c3ccccc3)cc2)c1. The molecule has 0 saturated carbocycles. The molecule has 1 saturated heterocycles. The number of nitrogens with one attached hydrogen (secondary N) is 2. The van der Waals surface area contributed by atoms with Gasteiger partial charge in [-0.3, -0.25) is 14.3 Å². The number of hydrogen-bond donors (Lipinski definition) is 3. The van der Waals surface area contributed by atoms with Gasteiger partial charge in [0.1, 0.15) is 29.1 Å². The highest BCUT2D eigenvalue weighted by molar-refractivity contribution is 5.99. The molecule has 3 N–H and O–H groups in total. The number of carbonyl (C=O) groups excluding carboxylic acids is 4. The molecule has 0 unspecified atom stereocenters. The van der Waals surface area contributed by atoms with E-state index >= 15 is 0 Å². The zero-order chi connectivity index (χ0) is 36.0. The number of likely N-dealkylation sites (tertiary alicyclic amines) is 1. The number of nitrogens with zero attached hydrogens (tertiary/aromatic N) is 3. The van der Waals surface area contributed by atoms with Gasteiger partial charge in [0, 0.05) is 36.6 Å². The van der Waals surface area contributed by atoms with Crippen LogP contribution in [0.25, 0.3) is 22.4 Å². The molecule has 0 aliphatic carbocycles. The number of alkyl carbamates (subject to hydrolysis) is 1. The Bertz CT molecular complexity index is 1850. The molecular weight excluding hydrogens is 638 g/mol. The first kappa shape index (κ1) is 35.7. The quantitative estimate of drug-likeness (QED) is 0.176. The van der Waals surface area contributed by atoms with Gasteiger partial charge in [-0.1, -0.05) is 42.5 Å². The summed E-state index contributed by atoms with van der Waals surface area (Å²) in [7, 11) is 1.76. The van der Waals surface area contributed by atoms with E-state index in [0.717, 1.165) is 18.4 Å². The maximum Gasteiger partial charge on any atom is 0.408 e. The van der Waals surface area contributed by atoms with E-state index in [9.17, 15) is 24.3 Å². The van der Waals surface area contributed by atoms with Gasteiger partial charge in [-0.2, -0.15) is 5.10 Å². The average molecular weight is 682 g/mol. The summed E-state index contributed by atoms with van der Waals surface area (Å²) in [6, 6.07) is 18.8. The number of amides is 3. The third kappa shape index (κ3) is 8.49. The van der Waals surface area contributed by atoms with E-state index in [1.807, 2.05) is 18.2 Å². The largest absolute Gasteiger partial charge is 0.507 e. The molecule has 3 aromatic carbocycles. The van der Waals surface area contributed by atoms with Gasteiger partial charge < -0.3 is 30.1 Å². The fourth-order valence-electron chi connectivity index (χ4n) is 5.92. The Balaban J connectivity index is 1.35. The molecule has 0 spiro atoms. The van der Waals surface area contributed by atoms with E-state index in [0.29, 0.717) is 46.6 Å². The number of aromatic nitrogens is 2. The number of esters is 1. The summed E-state index contributed by atoms with van der Waals surface area (Å²) in [5.74, 6) is -1.27. The molecule has 1 aromatic heterocycles. The third-order valence-corrected chi connectivity index (χ3v) is 8.18. The summed E-state index contributed by atoms with van der Waals surface area (Å²) in [4.78, 5) is 54.5. The molecule has 262 valence electrons. The van der Waals surface area contributed by atoms with Crippen LogP contribution in [-0.4, -0.2) is 68.5 Å². The van der Waals surface area contributed by atoms with Crippen molar-refractivity contribution in [2.24, 2.45) is 7.05 Å². The van der Waals surface area contributed by atoms with Gasteiger partial charge in [-0.15, -0.1) is 0 Å². The lowest BCUT2D eigenvalue weighted by Crippen LogP contribution is -2.53. The number of aromatic hydroxyl groups is 1. The summed E-state index contributed by atoms with van der Waals surface area (Å²) < 4.78 is 12.2. The first-order chi connectivity index (χ1) is 23.8. The molecule has 12 nitrogen and oxygen atoms in total. The fourth-order valence-corrected chi connectivity index (χ4v) is 5.92. The summed E-state index contributed by atoms with van der Waals surface area (Å²) >= 11 is 0. The van der Waals surface area contributed by atoms with Gasteiger partial charge in [0.25, 0.3) is 5.91 Å². The Morgan fingerprint density at radius 2 is 1.70 bits per heavy atom. The maximum absolute atomic E-state index is 14.1. The van der Waals surface area contributed by atoms with Gasteiger partial charge >= 0.3 is 12.1 Å². The van der Waals surface area contributed by atoms with E-state index in [-0.39, 0.29) is 18.3 Å². The Morgan fingerprint density at radius 1 is 0.980 bits per heavy atom. The molecule has 1 aliphatic rings. The normalized spacial score (nSPS) is 15.1. The summed E-state index contributed by atoms with van der Waals surface area (Å²) in [6.07, 6.45) is 3.04. The molecule has 1 aliphatic heterocycles. The van der Waals surface area contributed by atoms with E-state index in [1.54, 1.807) is 93.0 Å². The summed E-state index contributed by atoms with van der Waals surface area (Å²) in [6.45, 7) is 7.55. The number of anilines is 1. The zero-order valence-corrected chi connectivity index (χ0v) is 28.9. The average Bonchev–Trinajstić information content (AvgIpc) is 3.48. The van der Waals surface area contributed by atoms with Crippen molar-refractivity contribution in [3.63, 3.8) is 0 Å². The van der Waals surface area contributed by atoms with Crippen LogP contribution in [0.15, 0.2) is 79.0 Å². The van der Waals surface area contributed by atoms with Gasteiger partial charge in [-0.25, -0.2) is 9.59 Å². The van der Waals surface area contributed by atoms with Crippen molar-refractivity contribution in [1.82, 2.24) is 20.0 Å². The number of phenols is 1. The lowest BCUT2D eigenvalue weighted by atomic mass is 9.97. The van der Waals surface area contributed by atoms with Crippen molar-refractivity contribution in [2.45, 2.75) is 64.6 Å². The summed E-state index contributed by atoms with van der Waals surface area (Å²) in [5.41, 5.74) is 2.96. The maximum atomic E-state index is 14.1. The van der Waals surface area contributed by atoms with Crippen LogP contribution in [0.4, 0.5) is 10.5 Å². The highest BCUT2D eigenvalue weighted by atomic mass is 16.6. The molecule has 50 heavy (non-hydrogen) atoms. The van der Waals surface area contributed by atoms with Crippen LogP contribution >= 0.6 is 0 Å². The predicted molar refractivity (Wildman–Crippen MR) is 188 cm³/mol. The number of rotatable bonds is 9. The van der Waals surface area contributed by atoms with Gasteiger partial charge in [0.05, 0.1) is 12.2 Å². The molecule has 0 bridgehead atoms. The number of piperidine rings is 1. The molecule has 4 aromatic rings. The van der Waals surface area contributed by atoms with Gasteiger partial charge in [-0.05, 0) is 88.4 Å². The molecule has 12 heteroatoms. The van der Waals surface area contributed by atoms with Gasteiger partial charge in [0.15, 0.2) is 0 Å². The van der Waals surface area contributed by atoms with Crippen LogP contribution in [0.1, 0.15) is 68.9 Å². The van der Waals surface area contributed by atoms with E-state index in [1.165, 1.54) is 12.1 Å². The van der Waals surface area contributed by atoms with Crippen LogP contribution in [0.2, 0.25) is 0 Å². The molecular formula is C38H43N5O7. The van der Waals surface area contributed by atoms with E-state index < -0.39 is 35.7 Å². The second-order valence-corrected chi connectivity index (χ2v) is 13.1. The minimum Gasteiger partial charge on any atom is -0.507 e. The monoisotopic (exact) mass is 681 g/mol.